The number of hydrogen-bond donors (Lipinski definition) is 1. The van der Waals surface area contributed by atoms with Crippen LogP contribution in [0.15, 0.2) is 9.85 Å². The first-order valence-corrected chi connectivity index (χ1v) is 8.52. The smallest absolute Gasteiger partial charge is 0.0943 e. The predicted octanol–water partition coefficient (Wildman–Crippen LogP) is 3.11. The van der Waals surface area contributed by atoms with E-state index in [0.717, 1.165) is 35.2 Å². The predicted molar refractivity (Wildman–Crippen MR) is 87.4 cm³/mol. The normalized spacial score (nSPS) is 12.8. The number of aromatic nitrogens is 3. The van der Waals surface area contributed by atoms with E-state index in [-0.39, 0.29) is 0 Å². The monoisotopic (exact) mass is 356 g/mol. The molecule has 1 N–H and O–H groups in total. The molecule has 6 heteroatoms. The summed E-state index contributed by atoms with van der Waals surface area (Å²) in [5, 5.41) is 11.3. The third-order valence-electron chi connectivity index (χ3n) is 3.39. The van der Waals surface area contributed by atoms with Crippen LogP contribution in [0.5, 0.6) is 0 Å². The van der Waals surface area contributed by atoms with E-state index in [2.05, 4.69) is 48.3 Å². The van der Waals surface area contributed by atoms with Crippen molar-refractivity contribution in [3.63, 3.8) is 0 Å². The zero-order valence-corrected chi connectivity index (χ0v) is 14.8. The van der Waals surface area contributed by atoms with Gasteiger partial charge in [0.15, 0.2) is 0 Å². The molecule has 0 aliphatic carbocycles. The third kappa shape index (κ3) is 3.48. The second-order valence-electron chi connectivity index (χ2n) is 4.94. The Morgan fingerprint density at radius 3 is 2.70 bits per heavy atom. The number of rotatable bonds is 6. The van der Waals surface area contributed by atoms with Crippen molar-refractivity contribution in [3.05, 3.63) is 31.9 Å². The maximum atomic E-state index is 4.56. The van der Waals surface area contributed by atoms with Gasteiger partial charge in [-0.3, -0.25) is 4.68 Å². The van der Waals surface area contributed by atoms with Crippen LogP contribution in [0, 0.1) is 13.8 Å². The first-order chi connectivity index (χ1) is 9.55. The van der Waals surface area contributed by atoms with Gasteiger partial charge < -0.3 is 5.32 Å². The fraction of sp³-hybridized carbons (Fsp3) is 0.571. The minimum absolute atomic E-state index is 0.373. The Bertz CT molecular complexity index is 576. The van der Waals surface area contributed by atoms with Crippen LogP contribution < -0.4 is 5.32 Å². The lowest BCUT2D eigenvalue weighted by molar-refractivity contribution is 0.518. The number of likely N-dealkylation sites (N-methyl/N-ethyl adjacent to an activating group) is 1. The molecule has 0 bridgehead atoms. The fourth-order valence-electron chi connectivity index (χ4n) is 2.28. The second kappa shape index (κ2) is 6.83. The molecule has 0 radical (unpaired) electrons. The van der Waals surface area contributed by atoms with Crippen LogP contribution in [0.25, 0.3) is 0 Å². The topological polar surface area (TPSA) is 42.7 Å². The summed E-state index contributed by atoms with van der Waals surface area (Å²) in [4.78, 5) is 4.55. The molecule has 0 fully saturated rings. The van der Waals surface area contributed by atoms with Gasteiger partial charge in [0, 0.05) is 36.5 Å². The van der Waals surface area contributed by atoms with Crippen LogP contribution in [-0.4, -0.2) is 27.9 Å². The summed E-state index contributed by atoms with van der Waals surface area (Å²) in [5.41, 5.74) is 3.43. The van der Waals surface area contributed by atoms with E-state index in [1.807, 2.05) is 20.9 Å². The molecule has 1 atom stereocenters. The van der Waals surface area contributed by atoms with Gasteiger partial charge in [0.25, 0.3) is 0 Å². The van der Waals surface area contributed by atoms with Crippen LogP contribution in [0.4, 0.5) is 0 Å². The summed E-state index contributed by atoms with van der Waals surface area (Å²) in [6.07, 6.45) is 1.90. The van der Waals surface area contributed by atoms with Gasteiger partial charge in [0.2, 0.25) is 0 Å². The van der Waals surface area contributed by atoms with Gasteiger partial charge in [-0.15, -0.1) is 11.3 Å². The zero-order valence-electron chi connectivity index (χ0n) is 12.4. The van der Waals surface area contributed by atoms with Crippen molar-refractivity contribution in [2.24, 2.45) is 0 Å². The first-order valence-electron chi connectivity index (χ1n) is 6.85. The Hall–Kier alpha value is -0.720. The number of aryl methyl sites for hydroxylation is 3. The highest BCUT2D eigenvalue weighted by Crippen LogP contribution is 2.23. The van der Waals surface area contributed by atoms with Gasteiger partial charge in [-0.1, -0.05) is 0 Å². The van der Waals surface area contributed by atoms with E-state index < -0.39 is 0 Å². The van der Waals surface area contributed by atoms with E-state index >= 15 is 0 Å². The first kappa shape index (κ1) is 15.7. The second-order valence-corrected chi connectivity index (χ2v) is 6.67. The lowest BCUT2D eigenvalue weighted by Crippen LogP contribution is -2.31. The maximum absolute atomic E-state index is 4.56. The number of halogens is 1. The summed E-state index contributed by atoms with van der Waals surface area (Å²) in [7, 11) is 2.01. The van der Waals surface area contributed by atoms with E-state index in [0.29, 0.717) is 6.04 Å². The highest BCUT2D eigenvalue weighted by molar-refractivity contribution is 9.10. The maximum Gasteiger partial charge on any atom is 0.0943 e. The minimum atomic E-state index is 0.373. The van der Waals surface area contributed by atoms with Crippen molar-refractivity contribution in [3.8, 4) is 0 Å². The Balaban J connectivity index is 2.14. The molecule has 2 rings (SSSR count). The van der Waals surface area contributed by atoms with Crippen LogP contribution in [0.1, 0.15) is 29.0 Å². The summed E-state index contributed by atoms with van der Waals surface area (Å²) in [6.45, 7) is 7.11. The number of nitrogens with zero attached hydrogens (tertiary/aromatic N) is 3. The van der Waals surface area contributed by atoms with Gasteiger partial charge in [0.05, 0.1) is 20.9 Å². The van der Waals surface area contributed by atoms with Crippen molar-refractivity contribution in [2.75, 3.05) is 7.05 Å². The minimum Gasteiger partial charge on any atom is -0.316 e. The molecule has 1 unspecified atom stereocenters. The molecule has 2 aromatic rings. The van der Waals surface area contributed by atoms with Crippen LogP contribution in [0.3, 0.4) is 0 Å². The summed E-state index contributed by atoms with van der Waals surface area (Å²) >= 11 is 5.40. The Kier molecular flexibility index (Phi) is 5.35. The molecule has 0 amide bonds. The van der Waals surface area contributed by atoms with Crippen LogP contribution >= 0.6 is 27.3 Å². The molecule has 0 saturated carbocycles. The Morgan fingerprint density at radius 2 is 2.15 bits per heavy atom. The highest BCUT2D eigenvalue weighted by Gasteiger charge is 2.18. The molecule has 0 aromatic carbocycles. The standard InChI is InChI=1S/C14H21BrN4S/c1-5-19-12(14(15)10(3)18-19)6-11(16-4)7-13-17-9(2)8-20-13/h8,11,16H,5-7H2,1-4H3. The van der Waals surface area contributed by atoms with Gasteiger partial charge >= 0.3 is 0 Å². The fourth-order valence-corrected chi connectivity index (χ4v) is 3.58. The van der Waals surface area contributed by atoms with Crippen LogP contribution in [0.2, 0.25) is 0 Å². The molecule has 0 aliphatic rings. The number of hydrogen-bond acceptors (Lipinski definition) is 4. The highest BCUT2D eigenvalue weighted by atomic mass is 79.9. The van der Waals surface area contributed by atoms with Crippen molar-refractivity contribution >= 4 is 27.3 Å². The molecule has 0 spiro atoms. The molecule has 4 nitrogen and oxygen atoms in total. The SMILES string of the molecule is CCn1nc(C)c(Br)c1CC(Cc1nc(C)cs1)NC. The zero-order chi connectivity index (χ0) is 14.7. The molecular weight excluding hydrogens is 336 g/mol. The lowest BCUT2D eigenvalue weighted by Gasteiger charge is -2.16. The van der Waals surface area contributed by atoms with Gasteiger partial charge in [-0.05, 0) is 43.7 Å². The molecule has 0 saturated heterocycles. The molecule has 2 heterocycles. The third-order valence-corrected chi connectivity index (χ3v) is 5.41. The molecule has 0 aliphatic heterocycles. The summed E-state index contributed by atoms with van der Waals surface area (Å²) < 4.78 is 3.21. The molecule has 2 aromatic heterocycles. The lowest BCUT2D eigenvalue weighted by atomic mass is 10.1. The number of nitrogens with one attached hydrogen (secondary N) is 1. The molecule has 110 valence electrons. The van der Waals surface area contributed by atoms with E-state index in [1.54, 1.807) is 11.3 Å². The van der Waals surface area contributed by atoms with E-state index in [1.165, 1.54) is 10.7 Å². The quantitative estimate of drug-likeness (QED) is 0.864. The van der Waals surface area contributed by atoms with Crippen molar-refractivity contribution < 1.29 is 0 Å². The van der Waals surface area contributed by atoms with Gasteiger partial charge in [0.1, 0.15) is 0 Å². The average molecular weight is 357 g/mol. The summed E-state index contributed by atoms with van der Waals surface area (Å²) in [6, 6.07) is 0.373. The average Bonchev–Trinajstić information content (AvgIpc) is 2.95. The number of thiazole rings is 1. The van der Waals surface area contributed by atoms with Crippen molar-refractivity contribution in [1.82, 2.24) is 20.1 Å². The van der Waals surface area contributed by atoms with Crippen molar-refractivity contribution in [2.45, 2.75) is 46.2 Å². The van der Waals surface area contributed by atoms with Crippen LogP contribution in [-0.2, 0) is 19.4 Å². The van der Waals surface area contributed by atoms with Crippen molar-refractivity contribution in [1.29, 1.82) is 0 Å². The molecule has 20 heavy (non-hydrogen) atoms. The Labute approximate surface area is 132 Å². The molecular formula is C14H21BrN4S. The largest absolute Gasteiger partial charge is 0.316 e. The Morgan fingerprint density at radius 1 is 1.40 bits per heavy atom. The summed E-state index contributed by atoms with van der Waals surface area (Å²) in [5.74, 6) is 0. The van der Waals surface area contributed by atoms with Gasteiger partial charge in [-0.2, -0.15) is 5.10 Å². The van der Waals surface area contributed by atoms with E-state index in [4.69, 9.17) is 0 Å². The van der Waals surface area contributed by atoms with Gasteiger partial charge in [-0.25, -0.2) is 4.98 Å². The van der Waals surface area contributed by atoms with E-state index in [9.17, 15) is 0 Å².